The van der Waals surface area contributed by atoms with E-state index in [0.29, 0.717) is 12.5 Å². The van der Waals surface area contributed by atoms with Gasteiger partial charge in [0.2, 0.25) is 11.2 Å². The van der Waals surface area contributed by atoms with Crippen molar-refractivity contribution in [2.45, 2.75) is 6.61 Å². The molecule has 0 bridgehead atoms. The van der Waals surface area contributed by atoms with Crippen LogP contribution in [0.25, 0.3) is 0 Å². The van der Waals surface area contributed by atoms with Crippen molar-refractivity contribution in [2.24, 2.45) is 0 Å². The van der Waals surface area contributed by atoms with Gasteiger partial charge in [0.1, 0.15) is 6.61 Å². The number of ether oxygens (including phenoxy) is 1. The zero-order valence-corrected chi connectivity index (χ0v) is 10.6. The van der Waals surface area contributed by atoms with Gasteiger partial charge in [0.25, 0.3) is 0 Å². The van der Waals surface area contributed by atoms with Gasteiger partial charge in [-0.25, -0.2) is 4.98 Å². The first-order valence-corrected chi connectivity index (χ1v) is 5.77. The van der Waals surface area contributed by atoms with Crippen LogP contribution in [0, 0.1) is 0 Å². The largest absolute Gasteiger partial charge is 0.473 e. The molecule has 0 aliphatic heterocycles. The summed E-state index contributed by atoms with van der Waals surface area (Å²) in [6.45, 7) is 0.439. The van der Waals surface area contributed by atoms with Crippen LogP contribution in [0.15, 0.2) is 41.0 Å². The van der Waals surface area contributed by atoms with Crippen LogP contribution in [0.4, 0.5) is 0 Å². The molecule has 0 fully saturated rings. The monoisotopic (exact) mass is 298 g/mol. The Kier molecular flexibility index (Phi) is 3.74. The molecule has 0 aliphatic rings. The average Bonchev–Trinajstić information content (AvgIpc) is 2.28. The molecule has 0 amide bonds. The fourth-order valence-electron chi connectivity index (χ4n) is 1.17. The second-order valence-electron chi connectivity index (χ2n) is 3.04. The fraction of sp³-hybridized carbons (Fsp3) is 0.0909. The first kappa shape index (κ1) is 11.4. The number of nitrogens with zero attached hydrogens (tertiary/aromatic N) is 2. The van der Waals surface area contributed by atoms with Crippen molar-refractivity contribution in [3.05, 3.63) is 51.8 Å². The highest BCUT2D eigenvalue weighted by molar-refractivity contribution is 9.10. The summed E-state index contributed by atoms with van der Waals surface area (Å²) in [6, 6.07) is 9.52. The Morgan fingerprint density at radius 2 is 2.06 bits per heavy atom. The van der Waals surface area contributed by atoms with E-state index in [2.05, 4.69) is 25.9 Å². The van der Waals surface area contributed by atoms with Crippen LogP contribution in [0.5, 0.6) is 5.88 Å². The van der Waals surface area contributed by atoms with Gasteiger partial charge in [-0.2, -0.15) is 4.98 Å². The number of hydrogen-bond acceptors (Lipinski definition) is 3. The summed E-state index contributed by atoms with van der Waals surface area (Å²) in [5.74, 6) is 0.468. The lowest BCUT2D eigenvalue weighted by atomic mass is 10.2. The predicted molar refractivity (Wildman–Crippen MR) is 65.5 cm³/mol. The van der Waals surface area contributed by atoms with E-state index < -0.39 is 0 Å². The zero-order valence-electron chi connectivity index (χ0n) is 8.23. The minimum Gasteiger partial charge on any atom is -0.473 e. The third kappa shape index (κ3) is 2.93. The van der Waals surface area contributed by atoms with E-state index in [9.17, 15) is 0 Å². The highest BCUT2D eigenvalue weighted by Gasteiger charge is 2.01. The van der Waals surface area contributed by atoms with Gasteiger partial charge in [0, 0.05) is 22.3 Å². The van der Waals surface area contributed by atoms with E-state index in [4.69, 9.17) is 16.3 Å². The molecule has 0 radical (unpaired) electrons. The molecule has 1 aromatic heterocycles. The highest BCUT2D eigenvalue weighted by atomic mass is 79.9. The van der Waals surface area contributed by atoms with Crippen molar-refractivity contribution >= 4 is 27.5 Å². The number of benzene rings is 1. The van der Waals surface area contributed by atoms with Crippen molar-refractivity contribution in [2.75, 3.05) is 0 Å². The number of aromatic nitrogens is 2. The van der Waals surface area contributed by atoms with Crippen molar-refractivity contribution < 1.29 is 4.74 Å². The lowest BCUT2D eigenvalue weighted by Crippen LogP contribution is -1.98. The zero-order chi connectivity index (χ0) is 11.4. The van der Waals surface area contributed by atoms with Crippen LogP contribution in [0.3, 0.4) is 0 Å². The Balaban J connectivity index is 2.05. The summed E-state index contributed by atoms with van der Waals surface area (Å²) < 4.78 is 6.50. The molecule has 2 aromatic rings. The van der Waals surface area contributed by atoms with Crippen molar-refractivity contribution in [3.63, 3.8) is 0 Å². The van der Waals surface area contributed by atoms with Crippen molar-refractivity contribution in [3.8, 4) is 5.88 Å². The summed E-state index contributed by atoms with van der Waals surface area (Å²) in [5.41, 5.74) is 1.05. The Hall–Kier alpha value is -1.13. The summed E-state index contributed by atoms with van der Waals surface area (Å²) in [7, 11) is 0. The number of hydrogen-bond donors (Lipinski definition) is 0. The Morgan fingerprint density at radius 1 is 1.25 bits per heavy atom. The van der Waals surface area contributed by atoms with Crippen LogP contribution in [0.2, 0.25) is 5.28 Å². The van der Waals surface area contributed by atoms with Gasteiger partial charge in [-0.05, 0) is 17.7 Å². The topological polar surface area (TPSA) is 35.0 Å². The lowest BCUT2D eigenvalue weighted by molar-refractivity contribution is 0.292. The Morgan fingerprint density at radius 3 is 2.81 bits per heavy atom. The molecule has 0 N–H and O–H groups in total. The summed E-state index contributed by atoms with van der Waals surface area (Å²) >= 11 is 9.09. The summed E-state index contributed by atoms with van der Waals surface area (Å²) in [6.07, 6.45) is 1.56. The molecule has 82 valence electrons. The molecule has 0 aliphatic carbocycles. The van der Waals surface area contributed by atoms with Gasteiger partial charge in [-0.15, -0.1) is 0 Å². The van der Waals surface area contributed by atoms with Gasteiger partial charge in [0.15, 0.2) is 0 Å². The molecular weight excluding hydrogens is 291 g/mol. The number of rotatable bonds is 3. The molecule has 1 aromatic carbocycles. The quantitative estimate of drug-likeness (QED) is 0.814. The van der Waals surface area contributed by atoms with Crippen LogP contribution in [-0.2, 0) is 6.61 Å². The third-order valence-electron chi connectivity index (χ3n) is 1.93. The molecule has 0 saturated carbocycles. The Bertz CT molecular complexity index is 493. The summed E-state index contributed by atoms with van der Waals surface area (Å²) in [5, 5.41) is 0.185. The van der Waals surface area contributed by atoms with Crippen LogP contribution in [-0.4, -0.2) is 9.97 Å². The minimum atomic E-state index is 0.185. The third-order valence-corrected chi connectivity index (χ3v) is 2.89. The minimum absolute atomic E-state index is 0.185. The van der Waals surface area contributed by atoms with E-state index in [1.807, 2.05) is 24.3 Å². The first-order valence-electron chi connectivity index (χ1n) is 4.60. The molecular formula is C11H8BrClN2O. The maximum absolute atomic E-state index is 5.65. The molecule has 5 heteroatoms. The van der Waals surface area contributed by atoms with Gasteiger partial charge in [-0.3, -0.25) is 0 Å². The second-order valence-corrected chi connectivity index (χ2v) is 4.24. The maximum Gasteiger partial charge on any atom is 0.225 e. The van der Waals surface area contributed by atoms with Crippen LogP contribution < -0.4 is 4.74 Å². The van der Waals surface area contributed by atoms with Crippen LogP contribution in [0.1, 0.15) is 5.56 Å². The van der Waals surface area contributed by atoms with Crippen LogP contribution >= 0.6 is 27.5 Å². The Labute approximate surface area is 107 Å². The molecule has 0 unspecified atom stereocenters. The average molecular weight is 300 g/mol. The molecule has 2 rings (SSSR count). The normalized spacial score (nSPS) is 10.1. The number of halogens is 2. The SMILES string of the molecule is Clc1nccc(OCc2ccccc2Br)n1. The van der Waals surface area contributed by atoms with Crippen molar-refractivity contribution in [1.29, 1.82) is 0 Å². The maximum atomic E-state index is 5.65. The second kappa shape index (κ2) is 5.27. The van der Waals surface area contributed by atoms with Gasteiger partial charge in [0.05, 0.1) is 0 Å². The molecule has 0 atom stereocenters. The molecule has 1 heterocycles. The van der Waals surface area contributed by atoms with Gasteiger partial charge < -0.3 is 4.74 Å². The summed E-state index contributed by atoms with van der Waals surface area (Å²) in [4.78, 5) is 7.71. The van der Waals surface area contributed by atoms with Crippen molar-refractivity contribution in [1.82, 2.24) is 9.97 Å². The first-order chi connectivity index (χ1) is 7.75. The molecule has 0 spiro atoms. The van der Waals surface area contributed by atoms with Gasteiger partial charge in [-0.1, -0.05) is 34.1 Å². The standard InChI is InChI=1S/C11H8BrClN2O/c12-9-4-2-1-3-8(9)7-16-10-5-6-14-11(13)15-10/h1-6H,7H2. The molecule has 3 nitrogen and oxygen atoms in total. The van der Waals surface area contributed by atoms with E-state index in [1.165, 1.54) is 0 Å². The highest BCUT2D eigenvalue weighted by Crippen LogP contribution is 2.18. The molecule has 0 saturated heterocycles. The van der Waals surface area contributed by atoms with E-state index in [-0.39, 0.29) is 5.28 Å². The molecule has 16 heavy (non-hydrogen) atoms. The van der Waals surface area contributed by atoms with E-state index in [0.717, 1.165) is 10.0 Å². The van der Waals surface area contributed by atoms with Gasteiger partial charge >= 0.3 is 0 Å². The lowest BCUT2D eigenvalue weighted by Gasteiger charge is -2.06. The smallest absolute Gasteiger partial charge is 0.225 e. The van der Waals surface area contributed by atoms with E-state index in [1.54, 1.807) is 12.3 Å². The fourth-order valence-corrected chi connectivity index (χ4v) is 1.71. The van der Waals surface area contributed by atoms with E-state index >= 15 is 0 Å². The predicted octanol–water partition coefficient (Wildman–Crippen LogP) is 3.47.